The van der Waals surface area contributed by atoms with Crippen LogP contribution in [0.3, 0.4) is 0 Å². The lowest BCUT2D eigenvalue weighted by Gasteiger charge is -2.09. The van der Waals surface area contributed by atoms with Gasteiger partial charge < -0.3 is 4.74 Å². The number of methoxy groups -OCH3 is 1. The predicted molar refractivity (Wildman–Crippen MR) is 69.4 cm³/mol. The molecule has 0 saturated carbocycles. The van der Waals surface area contributed by atoms with Gasteiger partial charge in [0.15, 0.2) is 0 Å². The Kier molecular flexibility index (Phi) is 5.11. The van der Waals surface area contributed by atoms with Crippen LogP contribution in [0.5, 0.6) is 5.75 Å². The molecule has 0 fully saturated rings. The van der Waals surface area contributed by atoms with Crippen LogP contribution in [0, 0.1) is 5.92 Å². The van der Waals surface area contributed by atoms with Gasteiger partial charge in [-0.2, -0.15) is 0 Å². The molecule has 0 aliphatic heterocycles. The van der Waals surface area contributed by atoms with Gasteiger partial charge in [0.25, 0.3) is 5.91 Å². The fourth-order valence-electron chi connectivity index (χ4n) is 1.41. The van der Waals surface area contributed by atoms with E-state index >= 15 is 0 Å². The Hall–Kier alpha value is -2.10. The van der Waals surface area contributed by atoms with Crippen LogP contribution < -0.4 is 10.1 Å². The number of rotatable bonds is 5. The molecular weight excluding hydrogens is 230 g/mol. The lowest BCUT2D eigenvalue weighted by Crippen LogP contribution is -2.34. The largest absolute Gasteiger partial charge is 0.497 e. The Morgan fingerprint density at radius 1 is 1.39 bits per heavy atom. The van der Waals surface area contributed by atoms with Crippen molar-refractivity contribution in [3.8, 4) is 5.75 Å². The van der Waals surface area contributed by atoms with Gasteiger partial charge in [-0.1, -0.05) is 13.0 Å². The molecule has 0 heterocycles. The summed E-state index contributed by atoms with van der Waals surface area (Å²) in [7, 11) is 1.55. The first-order valence-electron chi connectivity index (χ1n) is 5.68. The van der Waals surface area contributed by atoms with Crippen LogP contribution >= 0.6 is 0 Å². The van der Waals surface area contributed by atoms with Crippen LogP contribution in [-0.4, -0.2) is 18.9 Å². The molecule has 0 spiro atoms. The number of benzene rings is 1. The van der Waals surface area contributed by atoms with Crippen molar-refractivity contribution < 1.29 is 14.3 Å². The van der Waals surface area contributed by atoms with Gasteiger partial charge >= 0.3 is 0 Å². The number of imide groups is 1. The van der Waals surface area contributed by atoms with Crippen LogP contribution in [0.4, 0.5) is 0 Å². The molecule has 0 aromatic heterocycles. The molecule has 0 unspecified atom stereocenters. The zero-order valence-corrected chi connectivity index (χ0v) is 10.6. The smallest absolute Gasteiger partial charge is 0.257 e. The van der Waals surface area contributed by atoms with Gasteiger partial charge in [-0.05, 0) is 30.7 Å². The van der Waals surface area contributed by atoms with Crippen molar-refractivity contribution in [1.29, 1.82) is 0 Å². The van der Waals surface area contributed by atoms with Gasteiger partial charge in [0, 0.05) is 11.5 Å². The number of hydrogen-bond acceptors (Lipinski definition) is 3. The van der Waals surface area contributed by atoms with Gasteiger partial charge in [0.1, 0.15) is 5.75 Å². The average Bonchev–Trinajstić information content (AvgIpc) is 2.39. The van der Waals surface area contributed by atoms with Gasteiger partial charge in [0.05, 0.1) is 7.11 Å². The molecule has 18 heavy (non-hydrogen) atoms. The maximum Gasteiger partial charge on any atom is 0.257 e. The molecule has 0 aliphatic carbocycles. The van der Waals surface area contributed by atoms with Gasteiger partial charge in [0.2, 0.25) is 5.91 Å². The standard InChI is InChI=1S/C14H17NO3/c1-4-5-10(2)13(16)15-14(17)11-6-8-12(18-3)9-7-11/h4,6-10H,1,5H2,2-3H3,(H,15,16,17)/t10-/m0/s1. The summed E-state index contributed by atoms with van der Waals surface area (Å²) >= 11 is 0. The molecule has 4 heteroatoms. The molecule has 1 aromatic rings. The number of carbonyl (C=O) groups is 2. The maximum atomic E-state index is 11.8. The Morgan fingerprint density at radius 3 is 2.50 bits per heavy atom. The van der Waals surface area contributed by atoms with Crippen LogP contribution in [0.25, 0.3) is 0 Å². The molecule has 0 radical (unpaired) electrons. The highest BCUT2D eigenvalue weighted by Crippen LogP contribution is 2.11. The highest BCUT2D eigenvalue weighted by Gasteiger charge is 2.15. The van der Waals surface area contributed by atoms with Crippen LogP contribution in [0.15, 0.2) is 36.9 Å². The van der Waals surface area contributed by atoms with Crippen molar-refractivity contribution in [2.45, 2.75) is 13.3 Å². The van der Waals surface area contributed by atoms with E-state index in [0.29, 0.717) is 17.7 Å². The molecule has 1 aromatic carbocycles. The summed E-state index contributed by atoms with van der Waals surface area (Å²) in [4.78, 5) is 23.4. The third-order valence-corrected chi connectivity index (χ3v) is 2.56. The van der Waals surface area contributed by atoms with E-state index in [-0.39, 0.29) is 11.8 Å². The second-order valence-electron chi connectivity index (χ2n) is 3.97. The van der Waals surface area contributed by atoms with Crippen molar-refractivity contribution in [2.24, 2.45) is 5.92 Å². The molecule has 0 saturated heterocycles. The minimum atomic E-state index is -0.404. The molecule has 0 aliphatic rings. The van der Waals surface area contributed by atoms with Crippen LogP contribution in [-0.2, 0) is 4.79 Å². The molecule has 2 amide bonds. The first-order valence-corrected chi connectivity index (χ1v) is 5.68. The van der Waals surface area contributed by atoms with E-state index in [1.807, 2.05) is 0 Å². The SMILES string of the molecule is C=CC[C@H](C)C(=O)NC(=O)c1ccc(OC)cc1. The third kappa shape index (κ3) is 3.73. The van der Waals surface area contributed by atoms with Crippen molar-refractivity contribution in [1.82, 2.24) is 5.32 Å². The summed E-state index contributed by atoms with van der Waals surface area (Å²) in [5, 5.41) is 2.35. The summed E-state index contributed by atoms with van der Waals surface area (Å²) in [6.07, 6.45) is 2.20. The number of nitrogens with one attached hydrogen (secondary N) is 1. The van der Waals surface area contributed by atoms with Crippen molar-refractivity contribution >= 4 is 11.8 Å². The Balaban J connectivity index is 2.64. The minimum absolute atomic E-state index is 0.260. The van der Waals surface area contributed by atoms with Gasteiger partial charge in [-0.3, -0.25) is 14.9 Å². The first-order chi connectivity index (χ1) is 8.58. The lowest BCUT2D eigenvalue weighted by molar-refractivity contribution is -0.123. The summed E-state index contributed by atoms with van der Waals surface area (Å²) in [6.45, 7) is 5.31. The van der Waals surface area contributed by atoms with E-state index in [4.69, 9.17) is 4.74 Å². The highest BCUT2D eigenvalue weighted by molar-refractivity contribution is 6.05. The lowest BCUT2D eigenvalue weighted by atomic mass is 10.1. The number of hydrogen-bond donors (Lipinski definition) is 1. The summed E-state index contributed by atoms with van der Waals surface area (Å²) in [5.41, 5.74) is 0.426. The molecule has 1 rings (SSSR count). The molecule has 0 bridgehead atoms. The number of amides is 2. The number of allylic oxidation sites excluding steroid dienone is 1. The molecule has 1 atom stereocenters. The van der Waals surface area contributed by atoms with Gasteiger partial charge in [-0.15, -0.1) is 6.58 Å². The average molecular weight is 247 g/mol. The van der Waals surface area contributed by atoms with E-state index in [1.54, 1.807) is 44.4 Å². The Morgan fingerprint density at radius 2 is 2.00 bits per heavy atom. The van der Waals surface area contributed by atoms with E-state index < -0.39 is 5.91 Å². The fraction of sp³-hybridized carbons (Fsp3) is 0.286. The quantitative estimate of drug-likeness (QED) is 0.811. The van der Waals surface area contributed by atoms with Crippen LogP contribution in [0.2, 0.25) is 0 Å². The highest BCUT2D eigenvalue weighted by atomic mass is 16.5. The number of carbonyl (C=O) groups excluding carboxylic acids is 2. The van der Waals surface area contributed by atoms with Crippen LogP contribution in [0.1, 0.15) is 23.7 Å². The van der Waals surface area contributed by atoms with E-state index in [1.165, 1.54) is 0 Å². The second kappa shape index (κ2) is 6.59. The summed E-state index contributed by atoms with van der Waals surface area (Å²) in [6, 6.07) is 6.57. The fourth-order valence-corrected chi connectivity index (χ4v) is 1.41. The topological polar surface area (TPSA) is 55.4 Å². The maximum absolute atomic E-state index is 11.8. The minimum Gasteiger partial charge on any atom is -0.497 e. The van der Waals surface area contributed by atoms with Crippen molar-refractivity contribution in [3.63, 3.8) is 0 Å². The Bertz CT molecular complexity index is 437. The molecule has 96 valence electrons. The first kappa shape index (κ1) is 14.0. The molecule has 4 nitrogen and oxygen atoms in total. The third-order valence-electron chi connectivity index (χ3n) is 2.56. The summed E-state index contributed by atoms with van der Waals surface area (Å²) < 4.78 is 4.99. The molecule has 1 N–H and O–H groups in total. The van der Waals surface area contributed by atoms with Crippen molar-refractivity contribution in [2.75, 3.05) is 7.11 Å². The monoisotopic (exact) mass is 247 g/mol. The molecular formula is C14H17NO3. The second-order valence-corrected chi connectivity index (χ2v) is 3.97. The van der Waals surface area contributed by atoms with Crippen molar-refractivity contribution in [3.05, 3.63) is 42.5 Å². The summed E-state index contributed by atoms with van der Waals surface area (Å²) in [5.74, 6) is -0.295. The van der Waals surface area contributed by atoms with Gasteiger partial charge in [-0.25, -0.2) is 0 Å². The zero-order chi connectivity index (χ0) is 13.5. The van der Waals surface area contributed by atoms with E-state index in [9.17, 15) is 9.59 Å². The normalized spacial score (nSPS) is 11.4. The predicted octanol–water partition coefficient (Wildman–Crippen LogP) is 2.16. The number of ether oxygens (including phenoxy) is 1. The van der Waals surface area contributed by atoms with E-state index in [0.717, 1.165) is 0 Å². The zero-order valence-electron chi connectivity index (χ0n) is 10.6. The Labute approximate surface area is 107 Å². The van der Waals surface area contributed by atoms with E-state index in [2.05, 4.69) is 11.9 Å².